The lowest BCUT2D eigenvalue weighted by Crippen LogP contribution is -2.32. The molecule has 178 valence electrons. The Bertz CT molecular complexity index is 1050. The number of nitrogens with one attached hydrogen (secondary N) is 1. The number of hydrogen-bond acceptors (Lipinski definition) is 9. The van der Waals surface area contributed by atoms with Gasteiger partial charge in [-0.1, -0.05) is 13.0 Å². The van der Waals surface area contributed by atoms with E-state index in [2.05, 4.69) is 33.3 Å². The highest BCUT2D eigenvalue weighted by Gasteiger charge is 2.43. The first kappa shape index (κ1) is 23.9. The second-order valence-electron chi connectivity index (χ2n) is 8.19. The molecular weight excluding hydrogens is 440 g/mol. The van der Waals surface area contributed by atoms with E-state index in [1.807, 2.05) is 12.3 Å². The number of aliphatic hydroxyl groups is 2. The van der Waals surface area contributed by atoms with E-state index < -0.39 is 24.5 Å². The first-order valence-electron chi connectivity index (χ1n) is 11.4. The minimum atomic E-state index is -1.04. The zero-order chi connectivity index (χ0) is 23.2. The number of pyridine rings is 1. The number of nitrogen functional groups attached to an aromatic ring is 1. The first-order valence-corrected chi connectivity index (χ1v) is 12.6. The number of nitrogens with two attached hydrogens (primary N) is 1. The summed E-state index contributed by atoms with van der Waals surface area (Å²) in [6.07, 6.45) is 4.94. The van der Waals surface area contributed by atoms with Crippen molar-refractivity contribution in [2.24, 2.45) is 0 Å². The molecule has 4 atom stereocenters. The Morgan fingerprint density at radius 2 is 2.06 bits per heavy atom. The molecule has 1 saturated heterocycles. The molecule has 0 aromatic carbocycles. The number of aryl methyl sites for hydroxylation is 1. The van der Waals surface area contributed by atoms with Crippen LogP contribution in [-0.4, -0.2) is 66.1 Å². The van der Waals surface area contributed by atoms with Crippen LogP contribution in [0.5, 0.6) is 0 Å². The third-order valence-electron chi connectivity index (χ3n) is 5.96. The minimum absolute atomic E-state index is 0.375. The summed E-state index contributed by atoms with van der Waals surface area (Å²) in [6, 6.07) is 5.90. The van der Waals surface area contributed by atoms with Gasteiger partial charge in [-0.3, -0.25) is 4.98 Å². The molecule has 4 heterocycles. The molecule has 4 rings (SSSR count). The number of aliphatic hydroxyl groups excluding tert-OH is 2. The van der Waals surface area contributed by atoms with Gasteiger partial charge in [-0.25, -0.2) is 9.97 Å². The lowest BCUT2D eigenvalue weighted by Gasteiger charge is -2.17. The predicted molar refractivity (Wildman–Crippen MR) is 130 cm³/mol. The summed E-state index contributed by atoms with van der Waals surface area (Å²) in [5.74, 6) is 1.96. The summed E-state index contributed by atoms with van der Waals surface area (Å²) >= 11 is 1.73. The van der Waals surface area contributed by atoms with Gasteiger partial charge < -0.3 is 30.6 Å². The van der Waals surface area contributed by atoms with Crippen molar-refractivity contribution in [2.45, 2.75) is 57.3 Å². The molecule has 3 aromatic rings. The molecule has 1 aliphatic rings. The highest BCUT2D eigenvalue weighted by Crippen LogP contribution is 2.34. The maximum absolute atomic E-state index is 10.6. The van der Waals surface area contributed by atoms with E-state index >= 15 is 0 Å². The molecule has 0 radical (unpaired) electrons. The van der Waals surface area contributed by atoms with Gasteiger partial charge in [0.2, 0.25) is 0 Å². The van der Waals surface area contributed by atoms with Crippen molar-refractivity contribution in [3.8, 4) is 0 Å². The van der Waals surface area contributed by atoms with Crippen molar-refractivity contribution in [2.75, 3.05) is 23.8 Å². The van der Waals surface area contributed by atoms with Gasteiger partial charge >= 0.3 is 0 Å². The van der Waals surface area contributed by atoms with Gasteiger partial charge in [0, 0.05) is 30.4 Å². The normalized spacial score (nSPS) is 22.9. The van der Waals surface area contributed by atoms with Crippen LogP contribution in [0.4, 0.5) is 5.82 Å². The molecule has 0 amide bonds. The number of aromatic nitrogens is 4. The van der Waals surface area contributed by atoms with E-state index in [1.165, 1.54) is 11.9 Å². The molecule has 5 N–H and O–H groups in total. The van der Waals surface area contributed by atoms with E-state index in [0.29, 0.717) is 22.6 Å². The molecule has 1 fully saturated rings. The maximum Gasteiger partial charge on any atom is 0.164 e. The van der Waals surface area contributed by atoms with Crippen LogP contribution < -0.4 is 11.1 Å². The van der Waals surface area contributed by atoms with Crippen LogP contribution in [0.15, 0.2) is 36.9 Å². The fourth-order valence-electron chi connectivity index (χ4n) is 4.12. The number of rotatable bonds is 11. The Morgan fingerprint density at radius 1 is 1.18 bits per heavy atom. The van der Waals surface area contributed by atoms with E-state index in [0.717, 1.165) is 43.8 Å². The predicted octanol–water partition coefficient (Wildman–Crippen LogP) is 1.89. The average Bonchev–Trinajstić information content (AvgIpc) is 3.38. The Balaban J connectivity index is 1.18. The van der Waals surface area contributed by atoms with Crippen molar-refractivity contribution in [1.29, 1.82) is 0 Å². The second-order valence-corrected chi connectivity index (χ2v) is 9.34. The van der Waals surface area contributed by atoms with Crippen molar-refractivity contribution >= 4 is 28.6 Å². The van der Waals surface area contributed by atoms with Crippen LogP contribution in [0.1, 0.15) is 37.3 Å². The van der Waals surface area contributed by atoms with Crippen molar-refractivity contribution in [3.63, 3.8) is 0 Å². The van der Waals surface area contributed by atoms with E-state index in [-0.39, 0.29) is 0 Å². The Kier molecular flexibility index (Phi) is 8.15. The van der Waals surface area contributed by atoms with Crippen molar-refractivity contribution in [1.82, 2.24) is 24.8 Å². The summed E-state index contributed by atoms with van der Waals surface area (Å²) in [6.45, 7) is 3.92. The topological polar surface area (TPSA) is 131 Å². The third-order valence-corrected chi connectivity index (χ3v) is 7.10. The number of nitrogens with zero attached hydrogens (tertiary/aromatic N) is 4. The number of thioether (sulfide) groups is 1. The number of unbranched alkanes of at least 4 members (excludes halogenated alkanes) is 1. The van der Waals surface area contributed by atoms with Crippen LogP contribution in [0.25, 0.3) is 11.0 Å². The molecule has 0 bridgehead atoms. The zero-order valence-electron chi connectivity index (χ0n) is 18.8. The Morgan fingerprint density at radius 3 is 2.91 bits per heavy atom. The summed E-state index contributed by atoms with van der Waals surface area (Å²) in [7, 11) is 0. The molecular formula is C23H32N6O3S. The molecule has 10 heteroatoms. The average molecular weight is 473 g/mol. The third kappa shape index (κ3) is 5.47. The van der Waals surface area contributed by atoms with Gasteiger partial charge in [-0.15, -0.1) is 0 Å². The number of anilines is 1. The second kappa shape index (κ2) is 11.3. The molecule has 33 heavy (non-hydrogen) atoms. The van der Waals surface area contributed by atoms with Gasteiger partial charge in [0.05, 0.1) is 11.5 Å². The summed E-state index contributed by atoms with van der Waals surface area (Å²) < 4.78 is 7.73. The van der Waals surface area contributed by atoms with Crippen LogP contribution in [0.2, 0.25) is 0 Å². The SMILES string of the molecule is CCc1ncccc1CNCCCCSC[C@H]1O[C@@H](n2ccc3c(N)ncnc32)[C@H](O)[C@@H]1O. The van der Waals surface area contributed by atoms with E-state index in [9.17, 15) is 10.2 Å². The number of fused-ring (bicyclic) bond motifs is 1. The number of hydrogen-bond donors (Lipinski definition) is 4. The fraction of sp³-hybridized carbons (Fsp3) is 0.522. The van der Waals surface area contributed by atoms with Crippen LogP contribution in [-0.2, 0) is 17.7 Å². The first-order chi connectivity index (χ1) is 16.1. The van der Waals surface area contributed by atoms with E-state index in [4.69, 9.17) is 10.5 Å². The standard InChI is InChI=1S/C23H32N6O3S/c1-2-17-15(6-5-9-26-17)12-25-8-3-4-11-33-13-18-19(30)20(31)23(32-18)29-10-7-16-21(24)27-14-28-22(16)29/h5-7,9-10,14,18-20,23,25,30-31H,2-4,8,11-13H2,1H3,(H2,24,27,28)/t18-,19-,20-,23-/m1/s1. The Hall–Kier alpha value is -2.24. The van der Waals surface area contributed by atoms with Gasteiger partial charge in [-0.05, 0) is 49.3 Å². The van der Waals surface area contributed by atoms with Crippen molar-refractivity contribution in [3.05, 3.63) is 48.2 Å². The van der Waals surface area contributed by atoms with Crippen molar-refractivity contribution < 1.29 is 14.9 Å². The summed E-state index contributed by atoms with van der Waals surface area (Å²) in [5.41, 5.74) is 8.89. The van der Waals surface area contributed by atoms with Crippen LogP contribution >= 0.6 is 11.8 Å². The van der Waals surface area contributed by atoms with Gasteiger partial charge in [0.25, 0.3) is 0 Å². The molecule has 0 saturated carbocycles. The molecule has 0 spiro atoms. The molecule has 9 nitrogen and oxygen atoms in total. The number of ether oxygens (including phenoxy) is 1. The highest BCUT2D eigenvalue weighted by atomic mass is 32.2. The summed E-state index contributed by atoms with van der Waals surface area (Å²) in [5, 5.41) is 25.3. The van der Waals surface area contributed by atoms with Gasteiger partial charge in [0.1, 0.15) is 30.0 Å². The van der Waals surface area contributed by atoms with Crippen LogP contribution in [0.3, 0.4) is 0 Å². The minimum Gasteiger partial charge on any atom is -0.387 e. The monoisotopic (exact) mass is 472 g/mol. The molecule has 1 aliphatic heterocycles. The lowest BCUT2D eigenvalue weighted by atomic mass is 10.1. The van der Waals surface area contributed by atoms with Crippen LogP contribution in [0, 0.1) is 0 Å². The van der Waals surface area contributed by atoms with E-state index in [1.54, 1.807) is 28.6 Å². The summed E-state index contributed by atoms with van der Waals surface area (Å²) in [4.78, 5) is 12.7. The van der Waals surface area contributed by atoms with Gasteiger partial charge in [0.15, 0.2) is 6.23 Å². The quantitative estimate of drug-likeness (QED) is 0.309. The fourth-order valence-corrected chi connectivity index (χ4v) is 5.20. The van der Waals surface area contributed by atoms with Gasteiger partial charge in [-0.2, -0.15) is 11.8 Å². The smallest absolute Gasteiger partial charge is 0.164 e. The Labute approximate surface area is 197 Å². The largest absolute Gasteiger partial charge is 0.387 e. The lowest BCUT2D eigenvalue weighted by molar-refractivity contribution is -0.0285. The molecule has 0 unspecified atom stereocenters. The highest BCUT2D eigenvalue weighted by molar-refractivity contribution is 7.99. The molecule has 3 aromatic heterocycles. The zero-order valence-corrected chi connectivity index (χ0v) is 19.6. The molecule has 0 aliphatic carbocycles. The maximum atomic E-state index is 10.6.